The van der Waals surface area contributed by atoms with E-state index >= 15 is 0 Å². The number of aliphatic hydroxyl groups is 1. The van der Waals surface area contributed by atoms with Gasteiger partial charge in [-0.25, -0.2) is 0 Å². The maximum Gasteiger partial charge on any atom is 0.161 e. The molecule has 0 aliphatic carbocycles. The van der Waals surface area contributed by atoms with Crippen LogP contribution in [0.2, 0.25) is 0 Å². The van der Waals surface area contributed by atoms with E-state index in [1.54, 1.807) is 36.4 Å². The van der Waals surface area contributed by atoms with Crippen molar-refractivity contribution in [3.8, 4) is 23.0 Å². The molecule has 0 amide bonds. The second-order valence-electron chi connectivity index (χ2n) is 7.94. The number of ether oxygens (including phenoxy) is 5. The van der Waals surface area contributed by atoms with Gasteiger partial charge in [0.2, 0.25) is 0 Å². The van der Waals surface area contributed by atoms with E-state index in [1.807, 2.05) is 0 Å². The van der Waals surface area contributed by atoms with Gasteiger partial charge in [-0.05, 0) is 24.3 Å². The normalized spacial score (nSPS) is 28.6. The highest BCUT2D eigenvalue weighted by molar-refractivity contribution is 5.40. The van der Waals surface area contributed by atoms with Gasteiger partial charge in [0, 0.05) is 61.6 Å². The first kappa shape index (κ1) is 18.6. The van der Waals surface area contributed by atoms with Gasteiger partial charge in [-0.3, -0.25) is 4.90 Å². The monoisotopic (exact) mass is 542 g/mol. The predicted molar refractivity (Wildman–Crippen MR) is 148 cm³/mol. The Kier molecular flexibility index (Phi) is 8.75. The van der Waals surface area contributed by atoms with Gasteiger partial charge in [0.05, 0.1) is 31.7 Å². The van der Waals surface area contributed by atoms with E-state index in [0.29, 0.717) is 18.8 Å². The lowest BCUT2D eigenvalue weighted by Crippen LogP contribution is -2.47. The summed E-state index contributed by atoms with van der Waals surface area (Å²) in [6.45, 7) is -4.63. The molecule has 212 valence electrons. The number of rotatable bonds is 10. The second-order valence-corrected chi connectivity index (χ2v) is 7.94. The van der Waals surface area contributed by atoms with E-state index in [1.165, 1.54) is 31.3 Å². The van der Waals surface area contributed by atoms with Gasteiger partial charge in [-0.1, -0.05) is 24.3 Å². The van der Waals surface area contributed by atoms with Gasteiger partial charge < -0.3 is 44.7 Å². The molecule has 0 radical (unpaired) electrons. The van der Waals surface area contributed by atoms with E-state index in [4.69, 9.17) is 32.7 Å². The van der Waals surface area contributed by atoms with Crippen molar-refractivity contribution in [1.82, 2.24) is 20.9 Å². The standard InChI is InChI=1S/C14H22N2O3.C10H12O3.C4H10N2/c1-18-13-4-2-3-5-14(13)19-11-12(17)10-16-8-6-15-7-9-16;1-11-9-4-2-3-5-10(9)13-7-8-6-12-8;1-2-6-4-3-5-1/h2-5,12,15,17H,6-11H2,1H3;2-5,8H,6-7H2,1H3;5-6H,1-4H2/i10D2,11D2,12D;6D2,7D2,8D;. The third kappa shape index (κ3) is 11.8. The smallest absolute Gasteiger partial charge is 0.161 e. The van der Waals surface area contributed by atoms with Crippen LogP contribution in [0.1, 0.15) is 13.7 Å². The van der Waals surface area contributed by atoms with Crippen molar-refractivity contribution < 1.29 is 42.5 Å². The lowest BCUT2D eigenvalue weighted by molar-refractivity contribution is 0.0632. The largest absolute Gasteiger partial charge is 0.493 e. The SMILES string of the molecule is C1CNCCN1.[2H]C([2H])(Oc1ccccc1OC)C([2H])(O)C([2H])([2H])N1CCNCC1.[2H]C([2H])(Oc1ccccc1OC)C1([2H])OC1([2H])[2H]. The van der Waals surface area contributed by atoms with Gasteiger partial charge in [0.1, 0.15) is 25.3 Å². The molecule has 3 heterocycles. The molecular formula is C28H44N4O6. The zero-order chi connectivity index (χ0) is 35.9. The molecule has 2 atom stereocenters. The van der Waals surface area contributed by atoms with Crippen LogP contribution in [0, 0.1) is 0 Å². The van der Waals surface area contributed by atoms with Crippen LogP contribution in [0.15, 0.2) is 48.5 Å². The summed E-state index contributed by atoms with van der Waals surface area (Å²) in [5.41, 5.74) is 0. The van der Waals surface area contributed by atoms with Gasteiger partial charge >= 0.3 is 0 Å². The fraction of sp³-hybridized carbons (Fsp3) is 0.571. The average molecular weight is 543 g/mol. The van der Waals surface area contributed by atoms with Crippen molar-refractivity contribution in [2.75, 3.05) is 92.8 Å². The Hall–Kier alpha value is -2.60. The first-order chi connectivity index (χ1) is 22.4. The summed E-state index contributed by atoms with van der Waals surface area (Å²) in [6, 6.07) is 12.6. The van der Waals surface area contributed by atoms with Gasteiger partial charge in [-0.2, -0.15) is 0 Å². The van der Waals surface area contributed by atoms with Crippen molar-refractivity contribution in [2.45, 2.75) is 12.2 Å². The van der Waals surface area contributed by atoms with Crippen LogP contribution in [-0.2, 0) is 4.74 Å². The molecular weight excluding hydrogens is 488 g/mol. The number of hydrogen-bond acceptors (Lipinski definition) is 10. The number of piperazine rings is 2. The number of hydrogen-bond donors (Lipinski definition) is 4. The fourth-order valence-electron chi connectivity index (χ4n) is 3.23. The molecule has 3 aliphatic heterocycles. The number of β-amino-alcohol motifs (C(OH)–C–C–N with tert-alkyl or cyclic N) is 1. The first-order valence-electron chi connectivity index (χ1n) is 17.3. The zero-order valence-electron chi connectivity index (χ0n) is 31.7. The van der Waals surface area contributed by atoms with Crippen molar-refractivity contribution in [3.05, 3.63) is 48.5 Å². The van der Waals surface area contributed by atoms with Crippen molar-refractivity contribution in [3.63, 3.8) is 0 Å². The molecule has 38 heavy (non-hydrogen) atoms. The lowest BCUT2D eigenvalue weighted by atomic mass is 10.3. The zero-order valence-corrected chi connectivity index (χ0v) is 21.7. The Morgan fingerprint density at radius 1 is 0.921 bits per heavy atom. The van der Waals surface area contributed by atoms with Crippen molar-refractivity contribution in [1.29, 1.82) is 0 Å². The Morgan fingerprint density at radius 2 is 1.39 bits per heavy atom. The molecule has 2 aromatic rings. The molecule has 3 aliphatic rings. The summed E-state index contributed by atoms with van der Waals surface area (Å²) >= 11 is 0. The second kappa shape index (κ2) is 17.8. The van der Waals surface area contributed by atoms with Crippen LogP contribution >= 0.6 is 0 Å². The molecule has 10 heteroatoms. The molecule has 10 nitrogen and oxygen atoms in total. The van der Waals surface area contributed by atoms with Gasteiger partial charge in [0.15, 0.2) is 23.0 Å². The summed E-state index contributed by atoms with van der Waals surface area (Å²) in [5.74, 6) is 0.584. The molecule has 0 spiro atoms. The minimum Gasteiger partial charge on any atom is -0.493 e. The first-order valence-corrected chi connectivity index (χ1v) is 12.3. The molecule has 2 aromatic carbocycles. The van der Waals surface area contributed by atoms with Crippen LogP contribution < -0.4 is 34.9 Å². The highest BCUT2D eigenvalue weighted by atomic mass is 16.6. The fourth-order valence-corrected chi connectivity index (χ4v) is 3.23. The molecule has 3 fully saturated rings. The maximum absolute atomic E-state index is 10.4. The molecule has 4 N–H and O–H groups in total. The highest BCUT2D eigenvalue weighted by Gasteiger charge is 2.23. The van der Waals surface area contributed by atoms with Crippen LogP contribution in [0.4, 0.5) is 0 Å². The summed E-state index contributed by atoms with van der Waals surface area (Å²) in [7, 11) is 2.78. The summed E-state index contributed by atoms with van der Waals surface area (Å²) in [6.07, 6.45) is -5.54. The Morgan fingerprint density at radius 3 is 1.87 bits per heavy atom. The molecule has 2 unspecified atom stereocenters. The third-order valence-corrected chi connectivity index (χ3v) is 5.19. The van der Waals surface area contributed by atoms with Crippen LogP contribution in [-0.4, -0.2) is 115 Å². The van der Waals surface area contributed by atoms with E-state index < -0.39 is 38.3 Å². The van der Waals surface area contributed by atoms with Gasteiger partial charge in [0.25, 0.3) is 0 Å². The van der Waals surface area contributed by atoms with Crippen LogP contribution in [0.3, 0.4) is 0 Å². The minimum atomic E-state index is -3.17. The Labute approximate surface area is 240 Å². The molecule has 0 aromatic heterocycles. The average Bonchev–Trinajstić information content (AvgIpc) is 3.61. The van der Waals surface area contributed by atoms with E-state index in [-0.39, 0.29) is 30.3 Å². The number of epoxide rings is 1. The van der Waals surface area contributed by atoms with Gasteiger partial charge in [-0.15, -0.1) is 0 Å². The van der Waals surface area contributed by atoms with E-state index in [2.05, 4.69) is 20.7 Å². The topological polar surface area (TPSA) is 109 Å². The number of methoxy groups -OCH3 is 2. The van der Waals surface area contributed by atoms with Crippen molar-refractivity contribution >= 4 is 0 Å². The van der Waals surface area contributed by atoms with E-state index in [0.717, 1.165) is 26.2 Å². The molecule has 0 bridgehead atoms. The summed E-state index contributed by atoms with van der Waals surface area (Å²) in [4.78, 5) is 1.24. The quantitative estimate of drug-likeness (QED) is 0.325. The Bertz CT molecular complexity index is 1310. The lowest BCUT2D eigenvalue weighted by Gasteiger charge is -2.29. The van der Waals surface area contributed by atoms with Crippen LogP contribution in [0.5, 0.6) is 23.0 Å². The molecule has 5 rings (SSSR count). The number of nitrogens with zero attached hydrogens (tertiary/aromatic N) is 1. The van der Waals surface area contributed by atoms with Crippen LogP contribution in [0.25, 0.3) is 0 Å². The third-order valence-electron chi connectivity index (χ3n) is 5.19. The Balaban J connectivity index is 0.000000227. The molecule has 0 saturated carbocycles. The van der Waals surface area contributed by atoms with Crippen molar-refractivity contribution in [2.24, 2.45) is 0 Å². The summed E-state index contributed by atoms with van der Waals surface area (Å²) < 4.78 is 102. The maximum atomic E-state index is 10.4. The number of benzene rings is 2. The number of para-hydroxylation sites is 4. The summed E-state index contributed by atoms with van der Waals surface area (Å²) in [5, 5.41) is 19.9. The minimum absolute atomic E-state index is 0.0215. The highest BCUT2D eigenvalue weighted by Crippen LogP contribution is 2.27. The molecule has 3 saturated heterocycles. The predicted octanol–water partition coefficient (Wildman–Crippen LogP) is 0.992. The van der Waals surface area contributed by atoms with E-state index in [9.17, 15) is 5.11 Å². The number of nitrogens with one attached hydrogen (secondary N) is 3.